The molecule has 0 saturated heterocycles. The molecule has 3 rings (SSSR count). The van der Waals surface area contributed by atoms with Gasteiger partial charge >= 0.3 is 0 Å². The molecule has 2 nitrogen and oxygen atoms in total. The summed E-state index contributed by atoms with van der Waals surface area (Å²) >= 11 is 0. The van der Waals surface area contributed by atoms with Crippen LogP contribution in [0.25, 0.3) is 21.9 Å². The standard InChI is InChI=1S/C13H11FO2/c1-6-7(2)15-11-5-10-12(4-9(6)11)16-8(3)13(10)14/h4-5H,1-3H3. The predicted molar refractivity (Wildman–Crippen MR) is 60.2 cm³/mol. The molecule has 0 N–H and O–H groups in total. The van der Waals surface area contributed by atoms with Crippen LogP contribution in [0, 0.1) is 26.6 Å². The first kappa shape index (κ1) is 9.46. The first-order valence-electron chi connectivity index (χ1n) is 5.16. The summed E-state index contributed by atoms with van der Waals surface area (Å²) in [6.07, 6.45) is 0. The van der Waals surface area contributed by atoms with E-state index < -0.39 is 0 Å². The molecule has 82 valence electrons. The lowest BCUT2D eigenvalue weighted by molar-refractivity contribution is 0.523. The van der Waals surface area contributed by atoms with E-state index in [0.717, 1.165) is 16.7 Å². The molecule has 2 heterocycles. The van der Waals surface area contributed by atoms with Gasteiger partial charge in [-0.3, -0.25) is 0 Å². The van der Waals surface area contributed by atoms with Crippen molar-refractivity contribution in [2.24, 2.45) is 0 Å². The van der Waals surface area contributed by atoms with E-state index in [4.69, 9.17) is 8.83 Å². The molecule has 0 saturated carbocycles. The van der Waals surface area contributed by atoms with E-state index in [-0.39, 0.29) is 5.82 Å². The van der Waals surface area contributed by atoms with Gasteiger partial charge in [0, 0.05) is 5.39 Å². The smallest absolute Gasteiger partial charge is 0.172 e. The molecule has 16 heavy (non-hydrogen) atoms. The monoisotopic (exact) mass is 218 g/mol. The van der Waals surface area contributed by atoms with Gasteiger partial charge in [0.15, 0.2) is 5.82 Å². The van der Waals surface area contributed by atoms with Gasteiger partial charge < -0.3 is 8.83 Å². The van der Waals surface area contributed by atoms with Gasteiger partial charge in [0.2, 0.25) is 0 Å². The molecule has 0 fully saturated rings. The number of fused-ring (bicyclic) bond motifs is 2. The van der Waals surface area contributed by atoms with Crippen molar-refractivity contribution in [1.29, 1.82) is 0 Å². The quantitative estimate of drug-likeness (QED) is 0.564. The molecular formula is C13H11FO2. The average Bonchev–Trinajstić information content (AvgIpc) is 2.67. The van der Waals surface area contributed by atoms with E-state index in [9.17, 15) is 4.39 Å². The highest BCUT2D eigenvalue weighted by atomic mass is 19.1. The number of benzene rings is 1. The van der Waals surface area contributed by atoms with E-state index in [1.165, 1.54) is 0 Å². The Bertz CT molecular complexity index is 641. The van der Waals surface area contributed by atoms with Gasteiger partial charge in [-0.2, -0.15) is 0 Å². The van der Waals surface area contributed by atoms with Gasteiger partial charge in [-0.15, -0.1) is 0 Å². The second-order valence-corrected chi connectivity index (χ2v) is 4.10. The number of halogens is 1. The lowest BCUT2D eigenvalue weighted by atomic mass is 10.1. The number of furan rings is 2. The van der Waals surface area contributed by atoms with Crippen LogP contribution in [0.3, 0.4) is 0 Å². The molecule has 0 atom stereocenters. The zero-order valence-corrected chi connectivity index (χ0v) is 9.35. The molecular weight excluding hydrogens is 207 g/mol. The number of aryl methyl sites for hydroxylation is 3. The molecule has 0 aliphatic heterocycles. The van der Waals surface area contributed by atoms with Crippen LogP contribution < -0.4 is 0 Å². The molecule has 0 amide bonds. The zero-order valence-electron chi connectivity index (χ0n) is 9.35. The highest BCUT2D eigenvalue weighted by molar-refractivity contribution is 5.95. The summed E-state index contributed by atoms with van der Waals surface area (Å²) in [5, 5.41) is 1.47. The van der Waals surface area contributed by atoms with Crippen molar-refractivity contribution in [3.63, 3.8) is 0 Å². The highest BCUT2D eigenvalue weighted by Crippen LogP contribution is 2.32. The average molecular weight is 218 g/mol. The van der Waals surface area contributed by atoms with Crippen molar-refractivity contribution in [1.82, 2.24) is 0 Å². The molecule has 3 aromatic rings. The Labute approximate surface area is 91.6 Å². The van der Waals surface area contributed by atoms with Gasteiger partial charge in [0.1, 0.15) is 22.7 Å². The molecule has 3 heteroatoms. The molecule has 0 unspecified atom stereocenters. The number of rotatable bonds is 0. The fourth-order valence-corrected chi connectivity index (χ4v) is 2.02. The van der Waals surface area contributed by atoms with Crippen molar-refractivity contribution in [2.45, 2.75) is 20.8 Å². The van der Waals surface area contributed by atoms with E-state index >= 15 is 0 Å². The maximum atomic E-state index is 13.7. The van der Waals surface area contributed by atoms with Crippen LogP contribution in [-0.2, 0) is 0 Å². The predicted octanol–water partition coefficient (Wildman–Crippen LogP) is 4.24. The van der Waals surface area contributed by atoms with Crippen molar-refractivity contribution in [2.75, 3.05) is 0 Å². The molecule has 0 radical (unpaired) electrons. The van der Waals surface area contributed by atoms with E-state index in [2.05, 4.69) is 0 Å². The summed E-state index contributed by atoms with van der Waals surface area (Å²) in [6, 6.07) is 3.54. The fourth-order valence-electron chi connectivity index (χ4n) is 2.02. The summed E-state index contributed by atoms with van der Waals surface area (Å²) in [4.78, 5) is 0. The largest absolute Gasteiger partial charge is 0.461 e. The second-order valence-electron chi connectivity index (χ2n) is 4.10. The summed E-state index contributed by atoms with van der Waals surface area (Å²) < 4.78 is 24.6. The zero-order chi connectivity index (χ0) is 11.4. The summed E-state index contributed by atoms with van der Waals surface area (Å²) in [5.74, 6) is 0.875. The Morgan fingerprint density at radius 3 is 2.19 bits per heavy atom. The first-order chi connectivity index (χ1) is 7.58. The molecule has 0 aliphatic carbocycles. The maximum absolute atomic E-state index is 13.7. The third-order valence-electron chi connectivity index (χ3n) is 3.09. The van der Waals surface area contributed by atoms with Gasteiger partial charge in [0.25, 0.3) is 0 Å². The first-order valence-corrected chi connectivity index (χ1v) is 5.16. The normalized spacial score (nSPS) is 11.8. The fraction of sp³-hybridized carbons (Fsp3) is 0.231. The molecule has 0 spiro atoms. The van der Waals surface area contributed by atoms with Gasteiger partial charge in [0.05, 0.1) is 5.39 Å². The van der Waals surface area contributed by atoms with Crippen molar-refractivity contribution < 1.29 is 13.2 Å². The van der Waals surface area contributed by atoms with E-state index in [1.807, 2.05) is 19.9 Å². The van der Waals surface area contributed by atoms with Crippen LogP contribution >= 0.6 is 0 Å². The Hall–Kier alpha value is -1.77. The third-order valence-corrected chi connectivity index (χ3v) is 3.09. The van der Waals surface area contributed by atoms with Crippen molar-refractivity contribution in [3.05, 3.63) is 35.0 Å². The topological polar surface area (TPSA) is 26.3 Å². The minimum atomic E-state index is -0.302. The van der Waals surface area contributed by atoms with Crippen molar-refractivity contribution in [3.8, 4) is 0 Å². The van der Waals surface area contributed by atoms with Crippen LogP contribution in [0.15, 0.2) is 21.0 Å². The molecule has 0 aliphatic rings. The summed E-state index contributed by atoms with van der Waals surface area (Å²) in [7, 11) is 0. The van der Waals surface area contributed by atoms with Gasteiger partial charge in [-0.25, -0.2) is 4.39 Å². The molecule has 2 aromatic heterocycles. The van der Waals surface area contributed by atoms with Crippen LogP contribution in [0.4, 0.5) is 4.39 Å². The minimum absolute atomic E-state index is 0.302. The Kier molecular flexibility index (Phi) is 1.70. The lowest BCUT2D eigenvalue weighted by Crippen LogP contribution is -1.73. The Balaban J connectivity index is 2.52. The summed E-state index contributed by atoms with van der Waals surface area (Å²) in [5.41, 5.74) is 2.36. The second kappa shape index (κ2) is 2.88. The van der Waals surface area contributed by atoms with Crippen LogP contribution in [0.2, 0.25) is 0 Å². The molecule has 1 aromatic carbocycles. The van der Waals surface area contributed by atoms with Gasteiger partial charge in [-0.1, -0.05) is 0 Å². The Morgan fingerprint density at radius 1 is 0.875 bits per heavy atom. The highest BCUT2D eigenvalue weighted by Gasteiger charge is 2.15. The van der Waals surface area contributed by atoms with E-state index in [0.29, 0.717) is 22.3 Å². The number of hydrogen-bond acceptors (Lipinski definition) is 2. The SMILES string of the molecule is Cc1oc2cc3c(F)c(C)oc3cc2c1C. The molecule has 0 bridgehead atoms. The Morgan fingerprint density at radius 2 is 1.44 bits per heavy atom. The van der Waals surface area contributed by atoms with Crippen molar-refractivity contribution >= 4 is 21.9 Å². The minimum Gasteiger partial charge on any atom is -0.461 e. The number of hydrogen-bond donors (Lipinski definition) is 0. The third kappa shape index (κ3) is 1.06. The summed E-state index contributed by atoms with van der Waals surface area (Å²) in [6.45, 7) is 5.51. The lowest BCUT2D eigenvalue weighted by Gasteiger charge is -1.90. The maximum Gasteiger partial charge on any atom is 0.172 e. The van der Waals surface area contributed by atoms with Crippen LogP contribution in [-0.4, -0.2) is 0 Å². The van der Waals surface area contributed by atoms with Gasteiger partial charge in [-0.05, 0) is 38.5 Å². The van der Waals surface area contributed by atoms with E-state index in [1.54, 1.807) is 13.0 Å². The van der Waals surface area contributed by atoms with Crippen LogP contribution in [0.5, 0.6) is 0 Å². The van der Waals surface area contributed by atoms with Crippen LogP contribution in [0.1, 0.15) is 17.1 Å².